The van der Waals surface area contributed by atoms with Crippen molar-refractivity contribution in [3.05, 3.63) is 78.4 Å². The summed E-state index contributed by atoms with van der Waals surface area (Å²) in [4.78, 5) is 67.2. The Bertz CT molecular complexity index is 1670. The van der Waals surface area contributed by atoms with Crippen LogP contribution in [0.5, 0.6) is 5.75 Å². The Morgan fingerprint density at radius 2 is 1.73 bits per heavy atom. The molecule has 257 valence electrons. The molecule has 0 spiro atoms. The van der Waals surface area contributed by atoms with E-state index < -0.39 is 37.2 Å². The van der Waals surface area contributed by atoms with Gasteiger partial charge in [0.25, 0.3) is 5.91 Å². The SMILES string of the molecule is CCCCC1(CC)C(=O)[SH]c2cc(OCC(=O)N[C@@H](C(=O)NCCP(C)(=O)O)c3ccccc3)c(SC)cc2N(c2ccccc2)C1=O. The zero-order valence-electron chi connectivity index (χ0n) is 27.6. The van der Waals surface area contributed by atoms with Crippen LogP contribution in [0.1, 0.15) is 51.1 Å². The van der Waals surface area contributed by atoms with Gasteiger partial charge >= 0.3 is 0 Å². The molecule has 13 heteroatoms. The lowest BCUT2D eigenvalue weighted by Crippen LogP contribution is -2.44. The number of thioether (sulfide) groups is 1. The molecule has 3 aromatic carbocycles. The zero-order chi connectivity index (χ0) is 34.9. The van der Waals surface area contributed by atoms with Gasteiger partial charge in [-0.3, -0.25) is 28.6 Å². The highest BCUT2D eigenvalue weighted by molar-refractivity contribution is 8.14. The number of para-hydroxylation sites is 1. The first-order valence-electron chi connectivity index (χ1n) is 15.9. The Kier molecular flexibility index (Phi) is 13.0. The molecule has 48 heavy (non-hydrogen) atoms. The highest BCUT2D eigenvalue weighted by atomic mass is 32.2. The van der Waals surface area contributed by atoms with Crippen molar-refractivity contribution < 1.29 is 33.4 Å². The van der Waals surface area contributed by atoms with E-state index in [1.54, 1.807) is 41.3 Å². The lowest BCUT2D eigenvalue weighted by molar-refractivity contribution is -0.136. The summed E-state index contributed by atoms with van der Waals surface area (Å²) in [6, 6.07) is 20.5. The van der Waals surface area contributed by atoms with E-state index in [1.165, 1.54) is 18.4 Å². The Morgan fingerprint density at radius 1 is 1.06 bits per heavy atom. The molecule has 0 saturated heterocycles. The van der Waals surface area contributed by atoms with Gasteiger partial charge in [-0.1, -0.05) is 75.2 Å². The molecule has 0 bridgehead atoms. The third kappa shape index (κ3) is 8.91. The number of anilines is 2. The summed E-state index contributed by atoms with van der Waals surface area (Å²) in [6.07, 6.45) is 4.18. The van der Waals surface area contributed by atoms with Gasteiger partial charge < -0.3 is 20.3 Å². The fourth-order valence-electron chi connectivity index (χ4n) is 5.50. The third-order valence-corrected chi connectivity index (χ3v) is 11.2. The van der Waals surface area contributed by atoms with Crippen LogP contribution < -0.4 is 20.3 Å². The highest BCUT2D eigenvalue weighted by Crippen LogP contribution is 2.51. The number of nitrogens with zero attached hydrogens (tertiary/aromatic N) is 1. The van der Waals surface area contributed by atoms with Crippen molar-refractivity contribution in [3.63, 3.8) is 0 Å². The predicted octanol–water partition coefficient (Wildman–Crippen LogP) is 6.28. The van der Waals surface area contributed by atoms with Gasteiger partial charge in [0.05, 0.1) is 10.6 Å². The molecule has 0 fully saturated rings. The monoisotopic (exact) mass is 712 g/mol. The molecule has 3 aromatic rings. The molecular formula is C35H43N3O7PS2. The number of nitrogens with one attached hydrogen (secondary N) is 2. The Balaban J connectivity index is 1.62. The second-order valence-corrected chi connectivity index (χ2v) is 16.2. The van der Waals surface area contributed by atoms with E-state index in [1.807, 2.05) is 56.5 Å². The average molecular weight is 713 g/mol. The number of amides is 3. The molecule has 1 aliphatic heterocycles. The van der Waals surface area contributed by atoms with Crippen LogP contribution in [0.3, 0.4) is 0 Å². The van der Waals surface area contributed by atoms with Crippen molar-refractivity contribution in [1.29, 1.82) is 0 Å². The minimum atomic E-state index is -3.33. The molecule has 3 atom stereocenters. The van der Waals surface area contributed by atoms with Gasteiger partial charge in [-0.15, -0.1) is 23.5 Å². The largest absolute Gasteiger partial charge is 0.483 e. The molecular weight excluding hydrogens is 670 g/mol. The highest BCUT2D eigenvalue weighted by Gasteiger charge is 2.49. The van der Waals surface area contributed by atoms with Gasteiger partial charge in [-0.25, -0.2) is 0 Å². The number of ether oxygens (including phenoxy) is 1. The average Bonchev–Trinajstić information content (AvgIpc) is 3.15. The quantitative estimate of drug-likeness (QED) is 0.0625. The summed E-state index contributed by atoms with van der Waals surface area (Å²) in [5.41, 5.74) is 0.612. The number of hydrogen-bond acceptors (Lipinski definition) is 7. The maximum absolute atomic E-state index is 14.4. The number of benzene rings is 3. The molecule has 3 N–H and O–H groups in total. The molecule has 0 aliphatic carbocycles. The second-order valence-electron chi connectivity index (χ2n) is 11.7. The molecule has 3 amide bonds. The van der Waals surface area contributed by atoms with Crippen LogP contribution in [0.15, 0.2) is 82.6 Å². The summed E-state index contributed by atoms with van der Waals surface area (Å²) in [5, 5.41) is 5.18. The van der Waals surface area contributed by atoms with E-state index in [-0.39, 0.29) is 23.7 Å². The van der Waals surface area contributed by atoms with Gasteiger partial charge in [0.15, 0.2) is 19.1 Å². The number of carbonyl (C=O) groups excluding carboxylic acids is 4. The van der Waals surface area contributed by atoms with Crippen LogP contribution >= 0.6 is 30.9 Å². The molecule has 1 heterocycles. The molecule has 4 rings (SSSR count). The van der Waals surface area contributed by atoms with Crippen molar-refractivity contribution in [2.45, 2.75) is 55.4 Å². The Morgan fingerprint density at radius 3 is 2.33 bits per heavy atom. The van der Waals surface area contributed by atoms with Crippen molar-refractivity contribution >= 4 is 65.1 Å². The fraction of sp³-hybridized carbons (Fsp3) is 0.371. The predicted molar refractivity (Wildman–Crippen MR) is 193 cm³/mol. The lowest BCUT2D eigenvalue weighted by atomic mass is 9.79. The summed E-state index contributed by atoms with van der Waals surface area (Å²) < 4.78 is 17.7. The maximum Gasteiger partial charge on any atom is 0.258 e. The molecule has 2 unspecified atom stereocenters. The van der Waals surface area contributed by atoms with E-state index in [0.717, 1.165) is 12.8 Å². The van der Waals surface area contributed by atoms with Crippen molar-refractivity contribution in [1.82, 2.24) is 10.6 Å². The number of unbranched alkanes of at least 4 members (excludes halogenated alkanes) is 1. The minimum Gasteiger partial charge on any atom is -0.483 e. The lowest BCUT2D eigenvalue weighted by Gasteiger charge is -2.33. The number of thiol groups is 1. The number of fused-ring (bicyclic) bond motifs is 1. The molecule has 1 radical (unpaired) electrons. The fourth-order valence-corrected chi connectivity index (χ4v) is 7.83. The van der Waals surface area contributed by atoms with Crippen LogP contribution in [0, 0.1) is 5.41 Å². The summed E-state index contributed by atoms with van der Waals surface area (Å²) in [5.74, 6) is -0.962. The maximum atomic E-state index is 14.4. The summed E-state index contributed by atoms with van der Waals surface area (Å²) in [7, 11) is -3.33. The molecule has 0 saturated carbocycles. The van der Waals surface area contributed by atoms with Crippen LogP contribution in [0.2, 0.25) is 0 Å². The van der Waals surface area contributed by atoms with E-state index in [2.05, 4.69) is 10.6 Å². The van der Waals surface area contributed by atoms with E-state index in [9.17, 15) is 28.6 Å². The van der Waals surface area contributed by atoms with Crippen LogP contribution in [-0.4, -0.2) is 60.0 Å². The van der Waals surface area contributed by atoms with Crippen LogP contribution in [0.25, 0.3) is 0 Å². The second kappa shape index (κ2) is 16.7. The molecule has 10 nitrogen and oxygen atoms in total. The van der Waals surface area contributed by atoms with Crippen LogP contribution in [0.4, 0.5) is 11.4 Å². The number of rotatable bonds is 15. The first-order chi connectivity index (χ1) is 22.9. The van der Waals surface area contributed by atoms with Gasteiger partial charge in [-0.2, -0.15) is 0 Å². The van der Waals surface area contributed by atoms with Gasteiger partial charge in [0, 0.05) is 30.0 Å². The van der Waals surface area contributed by atoms with E-state index >= 15 is 0 Å². The first-order valence-corrected chi connectivity index (χ1v) is 20.3. The van der Waals surface area contributed by atoms with Crippen molar-refractivity contribution in [2.24, 2.45) is 5.41 Å². The first kappa shape index (κ1) is 37.3. The Labute approximate surface area is 290 Å². The third-order valence-electron chi connectivity index (χ3n) is 8.21. The number of carbonyl (C=O) groups is 4. The minimum absolute atomic E-state index is 0.0246. The van der Waals surface area contributed by atoms with Crippen molar-refractivity contribution in [2.75, 3.05) is 37.1 Å². The van der Waals surface area contributed by atoms with E-state index in [4.69, 9.17) is 4.74 Å². The smallest absolute Gasteiger partial charge is 0.258 e. The van der Waals surface area contributed by atoms with E-state index in [0.29, 0.717) is 57.1 Å². The van der Waals surface area contributed by atoms with Gasteiger partial charge in [0.1, 0.15) is 17.2 Å². The molecule has 1 aliphatic rings. The normalized spacial score (nSPS) is 17.9. The Hall–Kier alpha value is -3.57. The van der Waals surface area contributed by atoms with Gasteiger partial charge in [-0.05, 0) is 48.9 Å². The summed E-state index contributed by atoms with van der Waals surface area (Å²) >= 11 is 1.75. The standard InChI is InChI=1S/C35H43N3O7PS2/c1-5-7-18-35(6-2)33(41)38(25-16-12-9-13-17-25)26-21-29(47-4)27(22-28(26)48-34(35)42)45-23-30(39)37-31(24-14-10-8-11-15-24)32(40)36-19-20-46(3,43)44/h8-17,21-22,31,48H,5-7,18-20,23H2,1-4H3,(H,36,40)(H,37,39)(H,43,44)/t31-,35?/m1/s1. The molecule has 0 aromatic heterocycles. The van der Waals surface area contributed by atoms with Gasteiger partial charge in [0.2, 0.25) is 11.8 Å². The zero-order valence-corrected chi connectivity index (χ0v) is 30.2. The summed E-state index contributed by atoms with van der Waals surface area (Å²) in [6.45, 7) is 4.70. The van der Waals surface area contributed by atoms with Crippen molar-refractivity contribution in [3.8, 4) is 5.75 Å². The van der Waals surface area contributed by atoms with Crippen LogP contribution in [-0.2, 0) is 23.7 Å². The number of hydrogen-bond donors (Lipinski definition) is 4. The topological polar surface area (TPSA) is 142 Å².